The number of rotatable bonds is 5. The second-order valence-corrected chi connectivity index (χ2v) is 7.00. The number of carbonyl (C=O) groups is 1. The molecule has 1 aromatic heterocycles. The summed E-state index contributed by atoms with van der Waals surface area (Å²) in [7, 11) is 0. The number of hydrogen-bond acceptors (Lipinski definition) is 4. The lowest BCUT2D eigenvalue weighted by Crippen LogP contribution is -2.45. The highest BCUT2D eigenvalue weighted by Crippen LogP contribution is 2.17. The van der Waals surface area contributed by atoms with Crippen LogP contribution >= 0.6 is 11.3 Å². The summed E-state index contributed by atoms with van der Waals surface area (Å²) in [5, 5.41) is 5.95. The first-order valence-electron chi connectivity index (χ1n) is 7.66. The SMILES string of the molecule is Cc1nc(C=CC(=O)NCC(C)N2CCC(C)CC2)cs1. The molecule has 1 aromatic rings. The smallest absolute Gasteiger partial charge is 0.244 e. The fourth-order valence-corrected chi connectivity index (χ4v) is 3.10. The summed E-state index contributed by atoms with van der Waals surface area (Å²) in [5.41, 5.74) is 0.853. The number of piperidine rings is 1. The van der Waals surface area contributed by atoms with Gasteiger partial charge in [0, 0.05) is 24.0 Å². The van der Waals surface area contributed by atoms with Crippen LogP contribution in [-0.2, 0) is 4.79 Å². The van der Waals surface area contributed by atoms with Crippen molar-refractivity contribution in [3.8, 4) is 0 Å². The Bertz CT molecular complexity index is 489. The van der Waals surface area contributed by atoms with Crippen LogP contribution in [0.2, 0.25) is 0 Å². The fourth-order valence-electron chi connectivity index (χ4n) is 2.52. The lowest BCUT2D eigenvalue weighted by Gasteiger charge is -2.34. The van der Waals surface area contributed by atoms with Gasteiger partial charge in [-0.05, 0) is 51.8 Å². The Labute approximate surface area is 131 Å². The van der Waals surface area contributed by atoms with Crippen molar-refractivity contribution in [2.24, 2.45) is 5.92 Å². The van der Waals surface area contributed by atoms with Crippen LogP contribution in [0.5, 0.6) is 0 Å². The summed E-state index contributed by atoms with van der Waals surface area (Å²) in [6, 6.07) is 0.399. The molecule has 0 aromatic carbocycles. The van der Waals surface area contributed by atoms with E-state index in [0.29, 0.717) is 12.6 Å². The summed E-state index contributed by atoms with van der Waals surface area (Å²) < 4.78 is 0. The zero-order valence-corrected chi connectivity index (χ0v) is 13.9. The minimum absolute atomic E-state index is 0.0436. The lowest BCUT2D eigenvalue weighted by atomic mass is 9.98. The number of carbonyl (C=O) groups excluding carboxylic acids is 1. The van der Waals surface area contributed by atoms with Crippen LogP contribution in [0.4, 0.5) is 0 Å². The summed E-state index contributed by atoms with van der Waals surface area (Å²) in [4.78, 5) is 18.6. The largest absolute Gasteiger partial charge is 0.351 e. The quantitative estimate of drug-likeness (QED) is 0.851. The molecule has 1 saturated heterocycles. The van der Waals surface area contributed by atoms with Crippen molar-refractivity contribution in [2.45, 2.75) is 39.7 Å². The molecule has 0 bridgehead atoms. The summed E-state index contributed by atoms with van der Waals surface area (Å²) in [6.07, 6.45) is 5.87. The van der Waals surface area contributed by atoms with Crippen LogP contribution in [0.15, 0.2) is 11.5 Å². The molecular weight excluding hydrogens is 282 g/mol. The number of nitrogens with one attached hydrogen (secondary N) is 1. The van der Waals surface area contributed by atoms with Crippen LogP contribution in [0, 0.1) is 12.8 Å². The number of thiazole rings is 1. The highest BCUT2D eigenvalue weighted by Gasteiger charge is 2.20. The van der Waals surface area contributed by atoms with Crippen LogP contribution in [0.1, 0.15) is 37.4 Å². The molecule has 0 saturated carbocycles. The van der Waals surface area contributed by atoms with Crippen molar-refractivity contribution in [3.63, 3.8) is 0 Å². The first-order chi connectivity index (χ1) is 10.0. The molecule has 21 heavy (non-hydrogen) atoms. The first kappa shape index (κ1) is 16.2. The molecule has 1 fully saturated rings. The minimum atomic E-state index is -0.0436. The van der Waals surface area contributed by atoms with E-state index in [1.54, 1.807) is 23.5 Å². The second-order valence-electron chi connectivity index (χ2n) is 5.94. The molecule has 0 radical (unpaired) electrons. The van der Waals surface area contributed by atoms with Crippen molar-refractivity contribution in [1.82, 2.24) is 15.2 Å². The molecule has 1 N–H and O–H groups in total. The molecule has 2 rings (SSSR count). The Balaban J connectivity index is 1.72. The molecule has 1 unspecified atom stereocenters. The van der Waals surface area contributed by atoms with E-state index in [0.717, 1.165) is 29.7 Å². The predicted octanol–water partition coefficient (Wildman–Crippen LogP) is 2.70. The standard InChI is InChI=1S/C16H25N3OS/c1-12-6-8-19(9-7-12)13(2)10-17-16(20)5-4-15-11-21-14(3)18-15/h4-5,11-13H,6-10H2,1-3H3,(H,17,20). The minimum Gasteiger partial charge on any atom is -0.351 e. The van der Waals surface area contributed by atoms with Gasteiger partial charge in [0.15, 0.2) is 0 Å². The molecule has 4 nitrogen and oxygen atoms in total. The van der Waals surface area contributed by atoms with E-state index in [4.69, 9.17) is 0 Å². The van der Waals surface area contributed by atoms with Gasteiger partial charge in [-0.3, -0.25) is 9.69 Å². The average molecular weight is 307 g/mol. The van der Waals surface area contributed by atoms with Gasteiger partial charge in [-0.2, -0.15) is 0 Å². The maximum Gasteiger partial charge on any atom is 0.244 e. The van der Waals surface area contributed by atoms with Crippen molar-refractivity contribution in [2.75, 3.05) is 19.6 Å². The maximum absolute atomic E-state index is 11.8. The van der Waals surface area contributed by atoms with Gasteiger partial charge >= 0.3 is 0 Å². The molecule has 5 heteroatoms. The topological polar surface area (TPSA) is 45.2 Å². The summed E-state index contributed by atoms with van der Waals surface area (Å²) in [5.74, 6) is 0.797. The Morgan fingerprint density at radius 3 is 2.90 bits per heavy atom. The van der Waals surface area contributed by atoms with Crippen LogP contribution in [0.3, 0.4) is 0 Å². The molecule has 1 aliphatic rings. The van der Waals surface area contributed by atoms with Gasteiger partial charge in [0.25, 0.3) is 0 Å². The van der Waals surface area contributed by atoms with Crippen molar-refractivity contribution in [3.05, 3.63) is 22.2 Å². The van der Waals surface area contributed by atoms with E-state index >= 15 is 0 Å². The van der Waals surface area contributed by atoms with Crippen LogP contribution in [-0.4, -0.2) is 41.5 Å². The van der Waals surface area contributed by atoms with E-state index in [2.05, 4.69) is 29.0 Å². The maximum atomic E-state index is 11.8. The van der Waals surface area contributed by atoms with E-state index in [9.17, 15) is 4.79 Å². The third-order valence-corrected chi connectivity index (χ3v) is 4.85. The average Bonchev–Trinajstić information content (AvgIpc) is 2.89. The third-order valence-electron chi connectivity index (χ3n) is 4.06. The van der Waals surface area contributed by atoms with Gasteiger partial charge in [-0.1, -0.05) is 6.92 Å². The second kappa shape index (κ2) is 7.71. The Morgan fingerprint density at radius 1 is 1.57 bits per heavy atom. The predicted molar refractivity (Wildman–Crippen MR) is 88.3 cm³/mol. The summed E-state index contributed by atoms with van der Waals surface area (Å²) in [6.45, 7) is 9.45. The van der Waals surface area contributed by atoms with Gasteiger partial charge in [0.2, 0.25) is 5.91 Å². The van der Waals surface area contributed by atoms with E-state index in [1.807, 2.05) is 12.3 Å². The molecule has 1 amide bonds. The molecule has 1 atom stereocenters. The highest BCUT2D eigenvalue weighted by molar-refractivity contribution is 7.09. The summed E-state index contributed by atoms with van der Waals surface area (Å²) >= 11 is 1.59. The Kier molecular flexibility index (Phi) is 5.94. The Hall–Kier alpha value is -1.20. The number of aromatic nitrogens is 1. The molecular formula is C16H25N3OS. The van der Waals surface area contributed by atoms with Gasteiger partial charge < -0.3 is 5.32 Å². The monoisotopic (exact) mass is 307 g/mol. The normalized spacial score (nSPS) is 19.0. The van der Waals surface area contributed by atoms with E-state index < -0.39 is 0 Å². The zero-order chi connectivity index (χ0) is 15.2. The van der Waals surface area contributed by atoms with Crippen molar-refractivity contribution >= 4 is 23.3 Å². The molecule has 0 aliphatic carbocycles. The van der Waals surface area contributed by atoms with E-state index in [-0.39, 0.29) is 5.91 Å². The molecule has 0 spiro atoms. The zero-order valence-electron chi connectivity index (χ0n) is 13.1. The van der Waals surface area contributed by atoms with E-state index in [1.165, 1.54) is 12.8 Å². The number of aryl methyl sites for hydroxylation is 1. The van der Waals surface area contributed by atoms with Crippen LogP contribution in [0.25, 0.3) is 6.08 Å². The van der Waals surface area contributed by atoms with Gasteiger partial charge in [0.1, 0.15) is 0 Å². The van der Waals surface area contributed by atoms with Crippen LogP contribution < -0.4 is 5.32 Å². The number of amides is 1. The first-order valence-corrected chi connectivity index (χ1v) is 8.54. The third kappa shape index (κ3) is 5.25. The molecule has 116 valence electrons. The Morgan fingerprint density at radius 2 is 2.29 bits per heavy atom. The van der Waals surface area contributed by atoms with Gasteiger partial charge in [0.05, 0.1) is 10.7 Å². The van der Waals surface area contributed by atoms with Gasteiger partial charge in [-0.15, -0.1) is 11.3 Å². The molecule has 1 aliphatic heterocycles. The van der Waals surface area contributed by atoms with Gasteiger partial charge in [-0.25, -0.2) is 4.98 Å². The van der Waals surface area contributed by atoms with Crippen molar-refractivity contribution < 1.29 is 4.79 Å². The highest BCUT2D eigenvalue weighted by atomic mass is 32.1. The number of nitrogens with zero attached hydrogens (tertiary/aromatic N) is 2. The lowest BCUT2D eigenvalue weighted by molar-refractivity contribution is -0.116. The van der Waals surface area contributed by atoms with Crippen molar-refractivity contribution in [1.29, 1.82) is 0 Å². The number of likely N-dealkylation sites (tertiary alicyclic amines) is 1. The molecule has 2 heterocycles. The number of hydrogen-bond donors (Lipinski definition) is 1. The fraction of sp³-hybridized carbons (Fsp3) is 0.625.